The van der Waals surface area contributed by atoms with Crippen LogP contribution >= 0.6 is 15.9 Å². The van der Waals surface area contributed by atoms with E-state index in [0.717, 1.165) is 0 Å². The van der Waals surface area contributed by atoms with Gasteiger partial charge in [0.1, 0.15) is 0 Å². The summed E-state index contributed by atoms with van der Waals surface area (Å²) in [6.45, 7) is 4.17. The Kier molecular flexibility index (Phi) is 4.96. The molecule has 1 amide bonds. The Hall–Kier alpha value is -1.07. The summed E-state index contributed by atoms with van der Waals surface area (Å²) in [5.41, 5.74) is 5.96. The average Bonchev–Trinajstić information content (AvgIpc) is 2.25. The van der Waals surface area contributed by atoms with Crippen LogP contribution in [0.1, 0.15) is 13.8 Å². The number of hydrogen-bond acceptors (Lipinski definition) is 3. The van der Waals surface area contributed by atoms with Crippen LogP contribution in [-0.4, -0.2) is 17.6 Å². The second kappa shape index (κ2) is 6.02. The Labute approximate surface area is 109 Å². The van der Waals surface area contributed by atoms with Crippen LogP contribution in [0, 0.1) is 11.8 Å². The van der Waals surface area contributed by atoms with Crippen LogP contribution in [0.3, 0.4) is 0 Å². The Bertz CT molecular complexity index is 407. The number of phenolic OH excluding ortho intramolecular Hbond substituents is 1. The molecule has 1 rings (SSSR count). The van der Waals surface area contributed by atoms with Crippen LogP contribution in [0.2, 0.25) is 0 Å². The van der Waals surface area contributed by atoms with Crippen molar-refractivity contribution < 1.29 is 9.90 Å². The van der Waals surface area contributed by atoms with Gasteiger partial charge in [0.05, 0.1) is 16.1 Å². The van der Waals surface area contributed by atoms with Crippen molar-refractivity contribution in [1.29, 1.82) is 0 Å². The Morgan fingerprint density at radius 3 is 2.71 bits per heavy atom. The molecule has 0 aliphatic rings. The minimum atomic E-state index is -0.256. The first kappa shape index (κ1) is 14.0. The van der Waals surface area contributed by atoms with E-state index < -0.39 is 0 Å². The lowest BCUT2D eigenvalue weighted by atomic mass is 9.95. The third kappa shape index (κ3) is 3.44. The molecule has 0 spiro atoms. The third-order valence-corrected chi connectivity index (χ3v) is 3.28. The van der Waals surface area contributed by atoms with Gasteiger partial charge < -0.3 is 16.2 Å². The predicted octanol–water partition coefficient (Wildman–Crippen LogP) is 2.32. The van der Waals surface area contributed by atoms with Crippen molar-refractivity contribution in [3.63, 3.8) is 0 Å². The fourth-order valence-corrected chi connectivity index (χ4v) is 1.89. The van der Waals surface area contributed by atoms with Gasteiger partial charge in [-0.1, -0.05) is 19.9 Å². The van der Waals surface area contributed by atoms with Crippen molar-refractivity contribution in [2.24, 2.45) is 17.6 Å². The van der Waals surface area contributed by atoms with Crippen LogP contribution in [0.25, 0.3) is 0 Å². The van der Waals surface area contributed by atoms with E-state index in [2.05, 4.69) is 21.2 Å². The zero-order valence-corrected chi connectivity index (χ0v) is 11.5. The molecule has 94 valence electrons. The van der Waals surface area contributed by atoms with Crippen molar-refractivity contribution in [3.05, 3.63) is 22.7 Å². The maximum absolute atomic E-state index is 11.9. The first-order valence-electron chi connectivity index (χ1n) is 5.45. The number of halogens is 1. The van der Waals surface area contributed by atoms with Gasteiger partial charge in [0.25, 0.3) is 0 Å². The van der Waals surface area contributed by atoms with Crippen LogP contribution in [0.4, 0.5) is 5.69 Å². The van der Waals surface area contributed by atoms with Crippen LogP contribution < -0.4 is 11.1 Å². The molecule has 1 aromatic carbocycles. The van der Waals surface area contributed by atoms with E-state index in [4.69, 9.17) is 5.73 Å². The minimum Gasteiger partial charge on any atom is -0.505 e. The van der Waals surface area contributed by atoms with Gasteiger partial charge in [0.15, 0.2) is 5.75 Å². The molecular formula is C12H17BrN2O2. The monoisotopic (exact) mass is 300 g/mol. The lowest BCUT2D eigenvalue weighted by Crippen LogP contribution is -2.33. The van der Waals surface area contributed by atoms with E-state index in [1.54, 1.807) is 18.2 Å². The second-order valence-corrected chi connectivity index (χ2v) is 5.07. The second-order valence-electron chi connectivity index (χ2n) is 4.21. The van der Waals surface area contributed by atoms with Crippen molar-refractivity contribution in [2.75, 3.05) is 11.9 Å². The molecule has 0 aliphatic carbocycles. The number of hydrogen-bond donors (Lipinski definition) is 3. The summed E-state index contributed by atoms with van der Waals surface area (Å²) in [6.07, 6.45) is 0. The van der Waals surface area contributed by atoms with Crippen molar-refractivity contribution in [1.82, 2.24) is 0 Å². The quantitative estimate of drug-likeness (QED) is 0.747. The molecular weight excluding hydrogens is 284 g/mol. The maximum Gasteiger partial charge on any atom is 0.229 e. The number of rotatable bonds is 4. The topological polar surface area (TPSA) is 75.4 Å². The number of para-hydroxylation sites is 1. The van der Waals surface area contributed by atoms with Gasteiger partial charge in [-0.3, -0.25) is 4.79 Å². The smallest absolute Gasteiger partial charge is 0.229 e. The van der Waals surface area contributed by atoms with E-state index in [1.807, 2.05) is 13.8 Å². The average molecular weight is 301 g/mol. The Morgan fingerprint density at radius 2 is 2.18 bits per heavy atom. The normalized spacial score (nSPS) is 12.5. The number of nitrogens with two attached hydrogens (primary N) is 1. The number of carbonyl (C=O) groups excluding carboxylic acids is 1. The summed E-state index contributed by atoms with van der Waals surface area (Å²) in [5, 5.41) is 12.4. The summed E-state index contributed by atoms with van der Waals surface area (Å²) in [5.74, 6) is -0.237. The van der Waals surface area contributed by atoms with Gasteiger partial charge in [0, 0.05) is 6.54 Å². The van der Waals surface area contributed by atoms with Gasteiger partial charge >= 0.3 is 0 Å². The van der Waals surface area contributed by atoms with E-state index in [1.165, 1.54) is 0 Å². The van der Waals surface area contributed by atoms with Crippen molar-refractivity contribution >= 4 is 27.5 Å². The van der Waals surface area contributed by atoms with Gasteiger partial charge in [-0.2, -0.15) is 0 Å². The van der Waals surface area contributed by atoms with E-state index in [9.17, 15) is 9.90 Å². The van der Waals surface area contributed by atoms with E-state index in [0.29, 0.717) is 10.2 Å². The molecule has 17 heavy (non-hydrogen) atoms. The SMILES string of the molecule is CC(C)C(CN)C(=O)Nc1cccc(Br)c1O. The molecule has 0 heterocycles. The number of phenols is 1. The molecule has 0 saturated heterocycles. The first-order chi connectivity index (χ1) is 7.97. The molecule has 0 aromatic heterocycles. The molecule has 0 saturated carbocycles. The standard InChI is InChI=1S/C12H17BrN2O2/c1-7(2)8(6-14)12(17)15-10-5-3-4-9(13)11(10)16/h3-5,7-8,16H,6,14H2,1-2H3,(H,15,17). The van der Waals surface area contributed by atoms with Gasteiger partial charge in [-0.15, -0.1) is 0 Å². The highest BCUT2D eigenvalue weighted by atomic mass is 79.9. The van der Waals surface area contributed by atoms with Gasteiger partial charge in [0.2, 0.25) is 5.91 Å². The largest absolute Gasteiger partial charge is 0.505 e. The van der Waals surface area contributed by atoms with Crippen LogP contribution in [0.5, 0.6) is 5.75 Å². The van der Waals surface area contributed by atoms with E-state index in [-0.39, 0.29) is 30.0 Å². The molecule has 4 N–H and O–H groups in total. The molecule has 1 unspecified atom stereocenters. The predicted molar refractivity (Wildman–Crippen MR) is 71.8 cm³/mol. The van der Waals surface area contributed by atoms with Crippen molar-refractivity contribution in [2.45, 2.75) is 13.8 Å². The Morgan fingerprint density at radius 1 is 1.53 bits per heavy atom. The van der Waals surface area contributed by atoms with Crippen LogP contribution in [-0.2, 0) is 4.79 Å². The fraction of sp³-hybridized carbons (Fsp3) is 0.417. The molecule has 1 aromatic rings. The molecule has 0 bridgehead atoms. The molecule has 1 atom stereocenters. The summed E-state index contributed by atoms with van der Waals surface area (Å²) in [4.78, 5) is 11.9. The van der Waals surface area contributed by atoms with E-state index >= 15 is 0 Å². The number of aromatic hydroxyl groups is 1. The number of amides is 1. The first-order valence-corrected chi connectivity index (χ1v) is 6.25. The highest BCUT2D eigenvalue weighted by Gasteiger charge is 2.21. The maximum atomic E-state index is 11.9. The molecule has 0 fully saturated rings. The lowest BCUT2D eigenvalue weighted by molar-refractivity contribution is -0.120. The summed E-state index contributed by atoms with van der Waals surface area (Å²) < 4.78 is 0.546. The molecule has 0 aliphatic heterocycles. The lowest BCUT2D eigenvalue weighted by Gasteiger charge is -2.18. The number of carbonyl (C=O) groups is 1. The highest BCUT2D eigenvalue weighted by Crippen LogP contribution is 2.31. The minimum absolute atomic E-state index is 0.0281. The summed E-state index contributed by atoms with van der Waals surface area (Å²) in [7, 11) is 0. The molecule has 4 nitrogen and oxygen atoms in total. The summed E-state index contributed by atoms with van der Waals surface area (Å²) >= 11 is 3.19. The van der Waals surface area contributed by atoms with Gasteiger partial charge in [-0.25, -0.2) is 0 Å². The Balaban J connectivity index is 2.84. The van der Waals surface area contributed by atoms with Gasteiger partial charge in [-0.05, 0) is 34.0 Å². The van der Waals surface area contributed by atoms with Crippen molar-refractivity contribution in [3.8, 4) is 5.75 Å². The fourth-order valence-electron chi connectivity index (χ4n) is 1.52. The summed E-state index contributed by atoms with van der Waals surface area (Å²) in [6, 6.07) is 5.09. The number of anilines is 1. The zero-order chi connectivity index (χ0) is 13.0. The number of nitrogens with one attached hydrogen (secondary N) is 1. The molecule has 0 radical (unpaired) electrons. The third-order valence-electron chi connectivity index (χ3n) is 2.64. The zero-order valence-electron chi connectivity index (χ0n) is 9.90. The number of benzene rings is 1. The highest BCUT2D eigenvalue weighted by molar-refractivity contribution is 9.10. The van der Waals surface area contributed by atoms with Crippen LogP contribution in [0.15, 0.2) is 22.7 Å². The molecule has 5 heteroatoms.